The van der Waals surface area contributed by atoms with Gasteiger partial charge in [-0.3, -0.25) is 14.3 Å². The third-order valence-electron chi connectivity index (χ3n) is 5.74. The van der Waals surface area contributed by atoms with Gasteiger partial charge in [-0.25, -0.2) is 4.39 Å². The maximum atomic E-state index is 13.8. The molecule has 0 radical (unpaired) electrons. The topological polar surface area (TPSA) is 67.4 Å². The van der Waals surface area contributed by atoms with E-state index in [2.05, 4.69) is 15.4 Å². The van der Waals surface area contributed by atoms with Gasteiger partial charge >= 0.3 is 6.36 Å². The van der Waals surface area contributed by atoms with E-state index in [-0.39, 0.29) is 17.9 Å². The Labute approximate surface area is 186 Å². The van der Waals surface area contributed by atoms with E-state index in [1.165, 1.54) is 18.2 Å². The van der Waals surface area contributed by atoms with E-state index in [9.17, 15) is 27.2 Å². The second-order valence-corrected chi connectivity index (χ2v) is 8.28. The molecular formula is C22H19ClF4N2O3. The highest BCUT2D eigenvalue weighted by molar-refractivity contribution is 6.31. The molecule has 2 aromatic carbocycles. The highest BCUT2D eigenvalue weighted by atomic mass is 35.5. The number of hydrogen-bond acceptors (Lipinski definition) is 3. The summed E-state index contributed by atoms with van der Waals surface area (Å²) in [6.07, 6.45) is -4.82. The second-order valence-electron chi connectivity index (χ2n) is 7.88. The van der Waals surface area contributed by atoms with Gasteiger partial charge in [0.1, 0.15) is 5.82 Å². The van der Waals surface area contributed by atoms with E-state index in [0.29, 0.717) is 35.2 Å². The molecule has 0 bridgehead atoms. The number of carbonyl (C=O) groups excluding carboxylic acids is 2. The summed E-state index contributed by atoms with van der Waals surface area (Å²) in [4.78, 5) is 25.4. The largest absolute Gasteiger partial charge is 0.522 e. The molecule has 4 rings (SSSR count). The van der Waals surface area contributed by atoms with E-state index in [0.717, 1.165) is 0 Å². The van der Waals surface area contributed by atoms with Crippen LogP contribution in [0.5, 0.6) is 0 Å². The van der Waals surface area contributed by atoms with Gasteiger partial charge in [0.25, 0.3) is 5.91 Å². The summed E-state index contributed by atoms with van der Waals surface area (Å²) in [7, 11) is 0. The predicted molar refractivity (Wildman–Crippen MR) is 109 cm³/mol. The molecule has 1 aliphatic heterocycles. The highest BCUT2D eigenvalue weighted by Crippen LogP contribution is 2.40. The minimum atomic E-state index is -4.76. The summed E-state index contributed by atoms with van der Waals surface area (Å²) < 4.78 is 55.7. The normalized spacial score (nSPS) is 22.9. The lowest BCUT2D eigenvalue weighted by Crippen LogP contribution is -2.34. The molecule has 0 spiro atoms. The van der Waals surface area contributed by atoms with Gasteiger partial charge in [-0.15, -0.1) is 13.2 Å². The molecule has 5 nitrogen and oxygen atoms in total. The average molecular weight is 471 g/mol. The van der Waals surface area contributed by atoms with E-state index in [4.69, 9.17) is 11.6 Å². The summed E-state index contributed by atoms with van der Waals surface area (Å²) in [5.41, 5.74) is 1.37. The Morgan fingerprint density at radius 3 is 2.72 bits per heavy atom. The molecule has 1 fully saturated rings. The molecule has 2 amide bonds. The minimum absolute atomic E-state index is 0.0588. The first kappa shape index (κ1) is 22.5. The molecule has 0 unspecified atom stereocenters. The Morgan fingerprint density at radius 2 is 1.97 bits per heavy atom. The molecule has 170 valence electrons. The average Bonchev–Trinajstić information content (AvgIpc) is 3.06. The van der Waals surface area contributed by atoms with Crippen LogP contribution < -0.4 is 10.6 Å². The van der Waals surface area contributed by atoms with Crippen molar-refractivity contribution in [1.82, 2.24) is 5.32 Å². The number of alkyl halides is 3. The van der Waals surface area contributed by atoms with Gasteiger partial charge in [-0.1, -0.05) is 24.1 Å². The number of halogens is 5. The Balaban J connectivity index is 1.59. The number of carbonyl (C=O) groups is 2. The maximum absolute atomic E-state index is 13.8. The van der Waals surface area contributed by atoms with Crippen molar-refractivity contribution in [3.05, 3.63) is 63.9 Å². The van der Waals surface area contributed by atoms with E-state index < -0.39 is 42.1 Å². The summed E-state index contributed by atoms with van der Waals surface area (Å²) in [6.45, 7) is 0. The van der Waals surface area contributed by atoms with E-state index >= 15 is 0 Å². The molecule has 1 saturated carbocycles. The third-order valence-corrected chi connectivity index (χ3v) is 6.08. The molecule has 2 aliphatic rings. The van der Waals surface area contributed by atoms with Crippen molar-refractivity contribution < 1.29 is 31.9 Å². The molecule has 10 heteroatoms. The number of ether oxygens (including phenoxy) is 1. The van der Waals surface area contributed by atoms with Crippen LogP contribution in [0.3, 0.4) is 0 Å². The fourth-order valence-corrected chi connectivity index (χ4v) is 4.57. The first-order valence-electron chi connectivity index (χ1n) is 10.1. The van der Waals surface area contributed by atoms with Gasteiger partial charge in [0.05, 0.1) is 12.1 Å². The first-order chi connectivity index (χ1) is 15.1. The molecule has 3 atom stereocenters. The van der Waals surface area contributed by atoms with Crippen LogP contribution in [0.2, 0.25) is 5.02 Å². The van der Waals surface area contributed by atoms with Crippen LogP contribution in [0.15, 0.2) is 36.4 Å². The zero-order valence-corrected chi connectivity index (χ0v) is 17.4. The standard InChI is InChI=1S/C22H19ClF4N2O3/c23-16-8-7-12(24)10-15(16)19-18-14(21(31)29-19)5-2-6-17(18)28-20(30)11-3-1-4-13(9-11)32-22(25,26)27/h2,5-8,10-11,13,19H,1,3-4,9H2,(H,28,30)(H,29,31)/t11-,13-,19+/m0/s1. The fraction of sp³-hybridized carbons (Fsp3) is 0.364. The van der Waals surface area contributed by atoms with Crippen molar-refractivity contribution in [3.8, 4) is 0 Å². The number of hydrogen-bond donors (Lipinski definition) is 2. The SMILES string of the molecule is O=C1N[C@H](c2cc(F)ccc2Cl)c2c(NC(=O)[C@H]3CCC[C@H](OC(F)(F)F)C3)cccc21. The van der Waals surface area contributed by atoms with Crippen LogP contribution >= 0.6 is 11.6 Å². The van der Waals surface area contributed by atoms with Crippen molar-refractivity contribution in [2.24, 2.45) is 5.92 Å². The first-order valence-corrected chi connectivity index (χ1v) is 10.4. The van der Waals surface area contributed by atoms with Crippen molar-refractivity contribution in [1.29, 1.82) is 0 Å². The van der Waals surface area contributed by atoms with Gasteiger partial charge in [0, 0.05) is 33.3 Å². The van der Waals surface area contributed by atoms with Gasteiger partial charge in [0.2, 0.25) is 5.91 Å². The van der Waals surface area contributed by atoms with E-state index in [1.54, 1.807) is 18.2 Å². The number of fused-ring (bicyclic) bond motifs is 1. The fourth-order valence-electron chi connectivity index (χ4n) is 4.35. The Bertz CT molecular complexity index is 1060. The lowest BCUT2D eigenvalue weighted by Gasteiger charge is -2.29. The Kier molecular flexibility index (Phi) is 6.13. The number of rotatable bonds is 4. The minimum Gasteiger partial charge on any atom is -0.341 e. The Hall–Kier alpha value is -2.65. The van der Waals surface area contributed by atoms with Crippen LogP contribution in [0.1, 0.15) is 53.2 Å². The van der Waals surface area contributed by atoms with Crippen LogP contribution in [-0.2, 0) is 9.53 Å². The molecule has 32 heavy (non-hydrogen) atoms. The van der Waals surface area contributed by atoms with Crippen LogP contribution in [-0.4, -0.2) is 24.3 Å². The number of benzene rings is 2. The predicted octanol–water partition coefficient (Wildman–Crippen LogP) is 5.35. The second kappa shape index (κ2) is 8.71. The van der Waals surface area contributed by atoms with E-state index in [1.807, 2.05) is 0 Å². The summed E-state index contributed by atoms with van der Waals surface area (Å²) in [6, 6.07) is 7.73. The lowest BCUT2D eigenvalue weighted by molar-refractivity contribution is -0.346. The van der Waals surface area contributed by atoms with Crippen molar-refractivity contribution >= 4 is 29.1 Å². The van der Waals surface area contributed by atoms with Crippen LogP contribution in [0, 0.1) is 11.7 Å². The molecular weight excluding hydrogens is 452 g/mol. The maximum Gasteiger partial charge on any atom is 0.522 e. The zero-order chi connectivity index (χ0) is 23.0. The van der Waals surface area contributed by atoms with Gasteiger partial charge in [0.15, 0.2) is 0 Å². The smallest absolute Gasteiger partial charge is 0.341 e. The summed E-state index contributed by atoms with van der Waals surface area (Å²) in [5, 5.41) is 5.73. The quantitative estimate of drug-likeness (QED) is 0.592. The molecule has 2 N–H and O–H groups in total. The lowest BCUT2D eigenvalue weighted by atomic mass is 9.86. The monoisotopic (exact) mass is 470 g/mol. The summed E-state index contributed by atoms with van der Waals surface area (Å²) in [5.74, 6) is -2.07. The highest BCUT2D eigenvalue weighted by Gasteiger charge is 2.38. The van der Waals surface area contributed by atoms with Gasteiger partial charge < -0.3 is 10.6 Å². The number of nitrogens with one attached hydrogen (secondary N) is 2. The van der Waals surface area contributed by atoms with Crippen LogP contribution in [0.4, 0.5) is 23.2 Å². The Morgan fingerprint density at radius 1 is 1.19 bits per heavy atom. The molecule has 0 aromatic heterocycles. The number of amides is 2. The molecule has 1 heterocycles. The molecule has 2 aromatic rings. The van der Waals surface area contributed by atoms with Gasteiger partial charge in [-0.05, 0) is 49.6 Å². The molecule has 1 aliphatic carbocycles. The zero-order valence-electron chi connectivity index (χ0n) is 16.6. The number of anilines is 1. The van der Waals surface area contributed by atoms with Crippen molar-refractivity contribution in [2.45, 2.75) is 44.2 Å². The summed E-state index contributed by atoms with van der Waals surface area (Å²) >= 11 is 6.23. The van der Waals surface area contributed by atoms with Crippen molar-refractivity contribution in [2.75, 3.05) is 5.32 Å². The van der Waals surface area contributed by atoms with Gasteiger partial charge in [-0.2, -0.15) is 0 Å². The molecule has 0 saturated heterocycles. The third kappa shape index (κ3) is 4.73. The van der Waals surface area contributed by atoms with Crippen LogP contribution in [0.25, 0.3) is 0 Å². The van der Waals surface area contributed by atoms with Crippen molar-refractivity contribution in [3.63, 3.8) is 0 Å².